The van der Waals surface area contributed by atoms with E-state index in [9.17, 15) is 8.42 Å². The van der Waals surface area contributed by atoms with Crippen molar-refractivity contribution in [2.75, 3.05) is 30.3 Å². The van der Waals surface area contributed by atoms with E-state index < -0.39 is 9.84 Å². The molecule has 4 nitrogen and oxygen atoms in total. The van der Waals surface area contributed by atoms with E-state index in [2.05, 4.69) is 43.0 Å². The monoisotopic (exact) mass is 423 g/mol. The van der Waals surface area contributed by atoms with Crippen LogP contribution in [0.3, 0.4) is 0 Å². The maximum atomic E-state index is 11.8. The van der Waals surface area contributed by atoms with Crippen LogP contribution in [-0.4, -0.2) is 44.7 Å². The molecule has 1 aliphatic rings. The van der Waals surface area contributed by atoms with Gasteiger partial charge in [-0.25, -0.2) is 8.42 Å². The van der Waals surface area contributed by atoms with Gasteiger partial charge >= 0.3 is 0 Å². The Balaban J connectivity index is 1.69. The molecule has 1 fully saturated rings. The van der Waals surface area contributed by atoms with Gasteiger partial charge < -0.3 is 9.64 Å². The van der Waals surface area contributed by atoms with E-state index in [4.69, 9.17) is 4.74 Å². The molecule has 0 aromatic heterocycles. The zero-order valence-corrected chi connectivity index (χ0v) is 19.8. The highest BCUT2D eigenvalue weighted by atomic mass is 32.2. The molecule has 0 saturated carbocycles. The van der Waals surface area contributed by atoms with Crippen LogP contribution in [0.1, 0.15) is 78.2 Å². The fraction of sp³-hybridized carbons (Fsp3) is 0.750. The van der Waals surface area contributed by atoms with Gasteiger partial charge in [-0.3, -0.25) is 0 Å². The minimum absolute atomic E-state index is 0.00538. The molecule has 0 amide bonds. The summed E-state index contributed by atoms with van der Waals surface area (Å²) < 4.78 is 29.7. The molecule has 0 radical (unpaired) electrons. The lowest BCUT2D eigenvalue weighted by molar-refractivity contribution is -0.0605. The molecule has 1 aromatic carbocycles. The molecule has 0 aliphatic carbocycles. The average Bonchev–Trinajstić information content (AvgIpc) is 2.73. The molecule has 1 heterocycles. The first-order valence-corrected chi connectivity index (χ1v) is 13.2. The number of rotatable bonds is 12. The topological polar surface area (TPSA) is 46.6 Å². The van der Waals surface area contributed by atoms with Crippen LogP contribution < -0.4 is 4.90 Å². The average molecular weight is 424 g/mol. The van der Waals surface area contributed by atoms with Crippen molar-refractivity contribution in [3.8, 4) is 0 Å². The van der Waals surface area contributed by atoms with Gasteiger partial charge in [0.1, 0.15) is 0 Å². The molecule has 1 saturated heterocycles. The third-order valence-corrected chi connectivity index (χ3v) is 8.75. The van der Waals surface area contributed by atoms with Crippen molar-refractivity contribution < 1.29 is 13.2 Å². The van der Waals surface area contributed by atoms with Gasteiger partial charge in [-0.2, -0.15) is 0 Å². The van der Waals surface area contributed by atoms with Gasteiger partial charge in [-0.05, 0) is 63.6 Å². The Hall–Kier alpha value is -1.07. The number of unbranched alkanes of at least 4 members (excludes halogenated alkanes) is 4. The van der Waals surface area contributed by atoms with Crippen LogP contribution in [0.25, 0.3) is 0 Å². The highest BCUT2D eigenvalue weighted by Crippen LogP contribution is 2.29. The van der Waals surface area contributed by atoms with E-state index in [1.807, 2.05) is 0 Å². The number of hydrogen-bond donors (Lipinski definition) is 0. The molecule has 29 heavy (non-hydrogen) atoms. The maximum Gasteiger partial charge on any atom is 0.152 e. The lowest BCUT2D eigenvalue weighted by atomic mass is 9.94. The Morgan fingerprint density at radius 3 is 2.24 bits per heavy atom. The Morgan fingerprint density at radius 1 is 1.00 bits per heavy atom. The van der Waals surface area contributed by atoms with Gasteiger partial charge in [-0.1, -0.05) is 45.2 Å². The summed E-state index contributed by atoms with van der Waals surface area (Å²) in [6.45, 7) is 10.7. The van der Waals surface area contributed by atoms with E-state index in [0.717, 1.165) is 58.2 Å². The van der Waals surface area contributed by atoms with Gasteiger partial charge in [0.05, 0.1) is 23.2 Å². The molecule has 166 valence electrons. The van der Waals surface area contributed by atoms with E-state index in [0.29, 0.717) is 5.75 Å². The summed E-state index contributed by atoms with van der Waals surface area (Å²) in [7, 11) is -2.87. The second kappa shape index (κ2) is 11.4. The van der Waals surface area contributed by atoms with Crippen LogP contribution in [0.15, 0.2) is 24.3 Å². The van der Waals surface area contributed by atoms with Gasteiger partial charge in [0.15, 0.2) is 9.84 Å². The summed E-state index contributed by atoms with van der Waals surface area (Å²) in [5.41, 5.74) is 2.70. The number of anilines is 1. The quantitative estimate of drug-likeness (QED) is 0.422. The molecule has 0 unspecified atom stereocenters. The molecule has 0 N–H and O–H groups in total. The Kier molecular flexibility index (Phi) is 9.48. The van der Waals surface area contributed by atoms with E-state index in [-0.39, 0.29) is 10.9 Å². The summed E-state index contributed by atoms with van der Waals surface area (Å²) in [5.74, 6) is 0.338. The molecule has 0 bridgehead atoms. The molecular weight excluding hydrogens is 382 g/mol. The van der Waals surface area contributed by atoms with Gasteiger partial charge in [0.2, 0.25) is 0 Å². The largest absolute Gasteiger partial charge is 0.371 e. The van der Waals surface area contributed by atoms with Crippen LogP contribution in [0, 0.1) is 0 Å². The summed E-state index contributed by atoms with van der Waals surface area (Å²) in [5, 5.41) is -0.247. The minimum Gasteiger partial charge on any atom is -0.371 e. The molecule has 1 aliphatic heterocycles. The second-order valence-corrected chi connectivity index (χ2v) is 11.4. The smallest absolute Gasteiger partial charge is 0.152 e. The lowest BCUT2D eigenvalue weighted by Gasteiger charge is -2.43. The standard InChI is InChI=1S/C24H41NO3S/c1-5-24(6-2)20-25(17-18-28-24)23-15-13-22(14-16-23)12-10-8-7-9-11-19-29(26,27)21(3)4/h13-16,21H,5-12,17-20H2,1-4H3. The Labute approximate surface area is 178 Å². The molecule has 0 spiro atoms. The van der Waals surface area contributed by atoms with Crippen LogP contribution in [0.5, 0.6) is 0 Å². The highest BCUT2D eigenvalue weighted by Gasteiger charge is 2.33. The van der Waals surface area contributed by atoms with Gasteiger partial charge in [-0.15, -0.1) is 0 Å². The summed E-state index contributed by atoms with van der Waals surface area (Å²) >= 11 is 0. The minimum atomic E-state index is -2.87. The van der Waals surface area contributed by atoms with Crippen molar-refractivity contribution >= 4 is 15.5 Å². The number of morpholine rings is 1. The number of aryl methyl sites for hydroxylation is 1. The number of nitrogens with zero attached hydrogens (tertiary/aromatic N) is 1. The van der Waals surface area contributed by atoms with Crippen LogP contribution in [0.2, 0.25) is 0 Å². The van der Waals surface area contributed by atoms with E-state index in [1.165, 1.54) is 24.1 Å². The fourth-order valence-corrected chi connectivity index (χ4v) is 5.09. The highest BCUT2D eigenvalue weighted by molar-refractivity contribution is 7.91. The maximum absolute atomic E-state index is 11.8. The SMILES string of the molecule is CCC1(CC)CN(c2ccc(CCCCCCCS(=O)(=O)C(C)C)cc2)CCO1. The summed E-state index contributed by atoms with van der Waals surface area (Å²) in [6, 6.07) is 9.04. The van der Waals surface area contributed by atoms with Crippen LogP contribution >= 0.6 is 0 Å². The summed E-state index contributed by atoms with van der Waals surface area (Å²) in [4.78, 5) is 2.46. The molecule has 5 heteroatoms. The third-order valence-electron chi connectivity index (χ3n) is 6.45. The third kappa shape index (κ3) is 7.29. The van der Waals surface area contributed by atoms with Crippen molar-refractivity contribution in [3.05, 3.63) is 29.8 Å². The van der Waals surface area contributed by atoms with Gasteiger partial charge in [0, 0.05) is 18.8 Å². The molecular formula is C24H41NO3S. The summed E-state index contributed by atoms with van der Waals surface area (Å²) in [6.07, 6.45) is 8.48. The molecule has 1 aromatic rings. The van der Waals surface area contributed by atoms with Crippen molar-refractivity contribution in [1.29, 1.82) is 0 Å². The van der Waals surface area contributed by atoms with Crippen molar-refractivity contribution in [2.45, 2.75) is 89.9 Å². The Bertz CT molecular complexity index is 693. The zero-order chi connectivity index (χ0) is 21.3. The first kappa shape index (κ1) is 24.2. The number of ether oxygens (including phenoxy) is 1. The number of benzene rings is 1. The predicted octanol–water partition coefficient (Wildman–Crippen LogP) is 5.40. The van der Waals surface area contributed by atoms with E-state index in [1.54, 1.807) is 13.8 Å². The zero-order valence-electron chi connectivity index (χ0n) is 19.0. The van der Waals surface area contributed by atoms with Crippen molar-refractivity contribution in [3.63, 3.8) is 0 Å². The van der Waals surface area contributed by atoms with Gasteiger partial charge in [0.25, 0.3) is 0 Å². The second-order valence-electron chi connectivity index (χ2n) is 8.76. The molecule has 2 rings (SSSR count). The lowest BCUT2D eigenvalue weighted by Crippen LogP contribution is -2.51. The van der Waals surface area contributed by atoms with Crippen molar-refractivity contribution in [1.82, 2.24) is 0 Å². The molecule has 0 atom stereocenters. The fourth-order valence-electron chi connectivity index (χ4n) is 4.01. The van der Waals surface area contributed by atoms with E-state index >= 15 is 0 Å². The normalized spacial score (nSPS) is 17.1. The van der Waals surface area contributed by atoms with Crippen molar-refractivity contribution in [2.24, 2.45) is 0 Å². The first-order valence-electron chi connectivity index (χ1n) is 11.5. The number of sulfone groups is 1. The predicted molar refractivity (Wildman–Crippen MR) is 124 cm³/mol. The first-order chi connectivity index (χ1) is 13.8. The number of hydrogen-bond acceptors (Lipinski definition) is 4. The van der Waals surface area contributed by atoms with Crippen LogP contribution in [0.4, 0.5) is 5.69 Å². The van der Waals surface area contributed by atoms with Crippen LogP contribution in [-0.2, 0) is 21.0 Å². The Morgan fingerprint density at radius 2 is 1.62 bits per heavy atom.